The van der Waals surface area contributed by atoms with Crippen LogP contribution in [-0.4, -0.2) is 14.5 Å². The summed E-state index contributed by atoms with van der Waals surface area (Å²) >= 11 is 1.92. The van der Waals surface area contributed by atoms with Gasteiger partial charge in [0.1, 0.15) is 11.5 Å². The van der Waals surface area contributed by atoms with Crippen LogP contribution in [0.25, 0.3) is 0 Å². The SMILES string of the molecule is Cc1ncc(I)c(=O)n1Cc1ccc([N+](=O)[O-])c(N)c1. The van der Waals surface area contributed by atoms with Crippen LogP contribution < -0.4 is 11.3 Å². The van der Waals surface area contributed by atoms with Gasteiger partial charge in [0.25, 0.3) is 11.2 Å². The van der Waals surface area contributed by atoms with Gasteiger partial charge in [0, 0.05) is 12.3 Å². The van der Waals surface area contributed by atoms with Gasteiger partial charge in [-0.25, -0.2) is 4.98 Å². The molecule has 2 aromatic rings. The lowest BCUT2D eigenvalue weighted by molar-refractivity contribution is -0.383. The van der Waals surface area contributed by atoms with Crippen molar-refractivity contribution >= 4 is 34.0 Å². The van der Waals surface area contributed by atoms with Crippen molar-refractivity contribution < 1.29 is 4.92 Å². The second-order valence-electron chi connectivity index (χ2n) is 4.19. The molecule has 7 nitrogen and oxygen atoms in total. The fourth-order valence-electron chi connectivity index (χ4n) is 1.79. The Balaban J connectivity index is 2.41. The topological polar surface area (TPSA) is 104 Å². The third-order valence-electron chi connectivity index (χ3n) is 2.83. The average molecular weight is 386 g/mol. The zero-order chi connectivity index (χ0) is 14.9. The number of nitrogens with zero attached hydrogens (tertiary/aromatic N) is 3. The molecule has 1 aromatic carbocycles. The van der Waals surface area contributed by atoms with Crippen LogP contribution in [0.1, 0.15) is 11.4 Å². The van der Waals surface area contributed by atoms with Gasteiger partial charge >= 0.3 is 0 Å². The predicted molar refractivity (Wildman–Crippen MR) is 82.6 cm³/mol. The zero-order valence-electron chi connectivity index (χ0n) is 10.5. The maximum Gasteiger partial charge on any atom is 0.292 e. The number of aromatic nitrogens is 2. The summed E-state index contributed by atoms with van der Waals surface area (Å²) in [5, 5.41) is 10.7. The molecule has 0 fully saturated rings. The Labute approximate surface area is 127 Å². The molecule has 0 bridgehead atoms. The molecule has 0 saturated heterocycles. The van der Waals surface area contributed by atoms with Crippen LogP contribution in [0.4, 0.5) is 11.4 Å². The smallest absolute Gasteiger partial charge is 0.292 e. The predicted octanol–water partition coefficient (Wildman–Crippen LogP) is 1.70. The van der Waals surface area contributed by atoms with E-state index in [1.807, 2.05) is 22.6 Å². The summed E-state index contributed by atoms with van der Waals surface area (Å²) in [6.07, 6.45) is 1.51. The minimum atomic E-state index is -0.538. The number of nitro benzene ring substituents is 1. The van der Waals surface area contributed by atoms with Crippen LogP contribution in [0.15, 0.2) is 29.2 Å². The molecule has 2 rings (SSSR count). The molecule has 104 valence electrons. The molecular weight excluding hydrogens is 375 g/mol. The van der Waals surface area contributed by atoms with Crippen LogP contribution in [0, 0.1) is 20.6 Å². The minimum Gasteiger partial charge on any atom is -0.393 e. The first kappa shape index (κ1) is 14.4. The average Bonchev–Trinajstić information content (AvgIpc) is 2.39. The van der Waals surface area contributed by atoms with Gasteiger partial charge in [0.15, 0.2) is 0 Å². The fourth-order valence-corrected chi connectivity index (χ4v) is 2.22. The van der Waals surface area contributed by atoms with E-state index >= 15 is 0 Å². The second-order valence-corrected chi connectivity index (χ2v) is 5.36. The Bertz CT molecular complexity index is 742. The van der Waals surface area contributed by atoms with E-state index in [0.29, 0.717) is 15.0 Å². The fraction of sp³-hybridized carbons (Fsp3) is 0.167. The Morgan fingerprint density at radius 2 is 2.20 bits per heavy atom. The third kappa shape index (κ3) is 2.79. The van der Waals surface area contributed by atoms with Crippen LogP contribution in [-0.2, 0) is 6.54 Å². The van der Waals surface area contributed by atoms with Crippen molar-refractivity contribution in [2.75, 3.05) is 5.73 Å². The number of benzene rings is 1. The van der Waals surface area contributed by atoms with Gasteiger partial charge in [0.05, 0.1) is 15.0 Å². The molecule has 0 amide bonds. The van der Waals surface area contributed by atoms with Crippen LogP contribution in [0.2, 0.25) is 0 Å². The van der Waals surface area contributed by atoms with Crippen molar-refractivity contribution in [2.45, 2.75) is 13.5 Å². The first-order valence-electron chi connectivity index (χ1n) is 5.65. The number of rotatable bonds is 3. The summed E-state index contributed by atoms with van der Waals surface area (Å²) in [5.74, 6) is 0.576. The zero-order valence-corrected chi connectivity index (χ0v) is 12.7. The first-order valence-corrected chi connectivity index (χ1v) is 6.72. The van der Waals surface area contributed by atoms with Crippen LogP contribution in [0.3, 0.4) is 0 Å². The van der Waals surface area contributed by atoms with Gasteiger partial charge in [-0.3, -0.25) is 19.5 Å². The Morgan fingerprint density at radius 3 is 2.80 bits per heavy atom. The van der Waals surface area contributed by atoms with Gasteiger partial charge < -0.3 is 5.73 Å². The largest absolute Gasteiger partial charge is 0.393 e. The van der Waals surface area contributed by atoms with Gasteiger partial charge in [-0.2, -0.15) is 0 Å². The van der Waals surface area contributed by atoms with E-state index in [-0.39, 0.29) is 23.5 Å². The molecule has 0 aliphatic heterocycles. The van der Waals surface area contributed by atoms with Crippen molar-refractivity contribution in [3.8, 4) is 0 Å². The van der Waals surface area contributed by atoms with Crippen molar-refractivity contribution in [1.82, 2.24) is 9.55 Å². The Kier molecular flexibility index (Phi) is 4.02. The highest BCUT2D eigenvalue weighted by molar-refractivity contribution is 14.1. The van der Waals surface area contributed by atoms with Gasteiger partial charge in [-0.15, -0.1) is 0 Å². The number of halogens is 1. The van der Waals surface area contributed by atoms with Gasteiger partial charge in [-0.05, 0) is 41.1 Å². The molecular formula is C12H11IN4O3. The quantitative estimate of drug-likeness (QED) is 0.374. The van der Waals surface area contributed by atoms with Crippen molar-refractivity contribution in [3.05, 3.63) is 59.8 Å². The van der Waals surface area contributed by atoms with E-state index in [1.165, 1.54) is 22.9 Å². The van der Waals surface area contributed by atoms with E-state index in [9.17, 15) is 14.9 Å². The first-order chi connectivity index (χ1) is 9.40. The van der Waals surface area contributed by atoms with Crippen LogP contribution in [0.5, 0.6) is 0 Å². The lowest BCUT2D eigenvalue weighted by Gasteiger charge is -2.10. The number of anilines is 1. The molecule has 1 heterocycles. The number of aryl methyl sites for hydroxylation is 1. The molecule has 1 aromatic heterocycles. The normalized spacial score (nSPS) is 10.5. The highest BCUT2D eigenvalue weighted by Crippen LogP contribution is 2.22. The molecule has 0 atom stereocenters. The molecule has 0 unspecified atom stereocenters. The van der Waals surface area contributed by atoms with E-state index in [0.717, 1.165) is 0 Å². The molecule has 0 saturated carbocycles. The molecule has 20 heavy (non-hydrogen) atoms. The Morgan fingerprint density at radius 1 is 1.50 bits per heavy atom. The highest BCUT2D eigenvalue weighted by atomic mass is 127. The van der Waals surface area contributed by atoms with E-state index < -0.39 is 4.92 Å². The van der Waals surface area contributed by atoms with E-state index in [2.05, 4.69) is 4.98 Å². The number of nitrogen functional groups attached to an aromatic ring is 1. The number of nitro groups is 1. The van der Waals surface area contributed by atoms with Crippen molar-refractivity contribution in [2.24, 2.45) is 0 Å². The van der Waals surface area contributed by atoms with Crippen molar-refractivity contribution in [1.29, 1.82) is 0 Å². The summed E-state index contributed by atoms with van der Waals surface area (Å²) in [7, 11) is 0. The van der Waals surface area contributed by atoms with Gasteiger partial charge in [0.2, 0.25) is 0 Å². The molecule has 0 aliphatic carbocycles. The Hall–Kier alpha value is -1.97. The molecule has 0 spiro atoms. The standard InChI is InChI=1S/C12H11IN4O3/c1-7-15-5-9(13)12(18)16(7)6-8-2-3-11(17(19)20)10(14)4-8/h2-5H,6,14H2,1H3. The lowest BCUT2D eigenvalue weighted by Crippen LogP contribution is -2.26. The van der Waals surface area contributed by atoms with Gasteiger partial charge in [-0.1, -0.05) is 6.07 Å². The van der Waals surface area contributed by atoms with Crippen LogP contribution >= 0.6 is 22.6 Å². The monoisotopic (exact) mass is 386 g/mol. The summed E-state index contributed by atoms with van der Waals surface area (Å²) in [6.45, 7) is 2.00. The summed E-state index contributed by atoms with van der Waals surface area (Å²) in [5.41, 5.74) is 6.14. The number of hydrogen-bond acceptors (Lipinski definition) is 5. The number of nitrogens with two attached hydrogens (primary N) is 1. The second kappa shape index (κ2) is 5.57. The molecule has 0 aliphatic rings. The number of hydrogen-bond donors (Lipinski definition) is 1. The van der Waals surface area contributed by atoms with Crippen molar-refractivity contribution in [3.63, 3.8) is 0 Å². The summed E-state index contributed by atoms with van der Waals surface area (Å²) in [6, 6.07) is 4.43. The van der Waals surface area contributed by atoms with E-state index in [1.54, 1.807) is 13.0 Å². The lowest BCUT2D eigenvalue weighted by atomic mass is 10.1. The molecule has 2 N–H and O–H groups in total. The molecule has 8 heteroatoms. The highest BCUT2D eigenvalue weighted by Gasteiger charge is 2.12. The minimum absolute atomic E-state index is 0.0804. The summed E-state index contributed by atoms with van der Waals surface area (Å²) < 4.78 is 2.02. The molecule has 0 radical (unpaired) electrons. The maximum absolute atomic E-state index is 12.0. The maximum atomic E-state index is 12.0. The third-order valence-corrected chi connectivity index (χ3v) is 3.57. The van der Waals surface area contributed by atoms with E-state index in [4.69, 9.17) is 5.73 Å². The summed E-state index contributed by atoms with van der Waals surface area (Å²) in [4.78, 5) is 26.3.